The van der Waals surface area contributed by atoms with Crippen molar-refractivity contribution in [1.29, 1.82) is 0 Å². The van der Waals surface area contributed by atoms with E-state index in [-0.39, 0.29) is 17.4 Å². The Morgan fingerprint density at radius 3 is 2.81 bits per heavy atom. The molecule has 0 spiro atoms. The van der Waals surface area contributed by atoms with Gasteiger partial charge in [0.2, 0.25) is 5.91 Å². The fourth-order valence-electron chi connectivity index (χ4n) is 2.77. The predicted octanol–water partition coefficient (Wildman–Crippen LogP) is 2.78. The van der Waals surface area contributed by atoms with Crippen LogP contribution in [0.5, 0.6) is 0 Å². The van der Waals surface area contributed by atoms with Crippen LogP contribution in [0.1, 0.15) is 38.4 Å². The van der Waals surface area contributed by atoms with Gasteiger partial charge in [0.15, 0.2) is 0 Å². The lowest BCUT2D eigenvalue weighted by atomic mass is 9.94. The van der Waals surface area contributed by atoms with Gasteiger partial charge in [-0.2, -0.15) is 0 Å². The van der Waals surface area contributed by atoms with Crippen LogP contribution in [0, 0.1) is 5.92 Å². The first-order valence-electron chi connectivity index (χ1n) is 7.54. The van der Waals surface area contributed by atoms with Gasteiger partial charge in [-0.1, -0.05) is 18.2 Å². The molecule has 0 saturated heterocycles. The quantitative estimate of drug-likeness (QED) is 0.888. The molecule has 21 heavy (non-hydrogen) atoms. The molecule has 1 amide bonds. The van der Waals surface area contributed by atoms with Gasteiger partial charge in [-0.25, -0.2) is 0 Å². The second-order valence-electron chi connectivity index (χ2n) is 6.29. The van der Waals surface area contributed by atoms with Crippen molar-refractivity contribution in [2.24, 2.45) is 11.7 Å². The summed E-state index contributed by atoms with van der Waals surface area (Å²) < 4.78 is 5.78. The molecule has 1 fully saturated rings. The van der Waals surface area contributed by atoms with Crippen LogP contribution in [0.15, 0.2) is 34.7 Å². The molecule has 1 aliphatic rings. The molecule has 0 bridgehead atoms. The average Bonchev–Trinajstić information content (AvgIpc) is 3.26. The third-order valence-electron chi connectivity index (χ3n) is 4.58. The molecule has 1 saturated carbocycles. The molecule has 1 aromatic heterocycles. The zero-order chi connectivity index (χ0) is 15.0. The molecule has 2 unspecified atom stereocenters. The summed E-state index contributed by atoms with van der Waals surface area (Å²) in [4.78, 5) is 12.5. The van der Waals surface area contributed by atoms with Gasteiger partial charge in [0.25, 0.3) is 0 Å². The highest BCUT2D eigenvalue weighted by Gasteiger charge is 2.42. The van der Waals surface area contributed by atoms with Crippen LogP contribution in [-0.2, 0) is 4.79 Å². The Morgan fingerprint density at radius 1 is 1.48 bits per heavy atom. The predicted molar refractivity (Wildman–Crippen MR) is 83.0 cm³/mol. The van der Waals surface area contributed by atoms with E-state index in [0.717, 1.165) is 23.8 Å². The molecule has 2 aromatic rings. The number of benzene rings is 1. The number of carbonyl (C=O) groups excluding carboxylic acids is 1. The van der Waals surface area contributed by atoms with Crippen molar-refractivity contribution in [3.8, 4) is 0 Å². The van der Waals surface area contributed by atoms with E-state index in [0.29, 0.717) is 18.2 Å². The summed E-state index contributed by atoms with van der Waals surface area (Å²) >= 11 is 0. The van der Waals surface area contributed by atoms with Crippen LogP contribution in [0.2, 0.25) is 0 Å². The highest BCUT2D eigenvalue weighted by Crippen LogP contribution is 2.39. The van der Waals surface area contributed by atoms with Crippen molar-refractivity contribution in [1.82, 2.24) is 5.32 Å². The SMILES string of the molecule is CC(C(=O)NC(C)(CN)C1CC1)c1cc2ccccc2o1. The number of hydrogen-bond acceptors (Lipinski definition) is 3. The van der Waals surface area contributed by atoms with Crippen molar-refractivity contribution in [3.05, 3.63) is 36.1 Å². The van der Waals surface area contributed by atoms with Crippen molar-refractivity contribution < 1.29 is 9.21 Å². The van der Waals surface area contributed by atoms with E-state index in [2.05, 4.69) is 5.32 Å². The third-order valence-corrected chi connectivity index (χ3v) is 4.58. The van der Waals surface area contributed by atoms with Gasteiger partial charge in [-0.15, -0.1) is 0 Å². The maximum absolute atomic E-state index is 12.5. The number of nitrogens with two attached hydrogens (primary N) is 1. The van der Waals surface area contributed by atoms with Crippen LogP contribution in [0.25, 0.3) is 11.0 Å². The summed E-state index contributed by atoms with van der Waals surface area (Å²) in [7, 11) is 0. The number of nitrogens with one attached hydrogen (secondary N) is 1. The second kappa shape index (κ2) is 5.19. The molecule has 4 heteroatoms. The Balaban J connectivity index is 1.77. The van der Waals surface area contributed by atoms with E-state index < -0.39 is 0 Å². The second-order valence-corrected chi connectivity index (χ2v) is 6.29. The van der Waals surface area contributed by atoms with Crippen molar-refractivity contribution in [2.75, 3.05) is 6.54 Å². The van der Waals surface area contributed by atoms with Gasteiger partial charge < -0.3 is 15.5 Å². The molecule has 112 valence electrons. The Bertz CT molecular complexity index is 627. The molecule has 1 heterocycles. The summed E-state index contributed by atoms with van der Waals surface area (Å²) in [6.45, 7) is 4.38. The summed E-state index contributed by atoms with van der Waals surface area (Å²) in [6, 6.07) is 9.74. The van der Waals surface area contributed by atoms with Gasteiger partial charge in [0, 0.05) is 11.9 Å². The molecule has 3 rings (SSSR count). The molecule has 1 aliphatic carbocycles. The number of para-hydroxylation sites is 1. The lowest BCUT2D eigenvalue weighted by Crippen LogP contribution is -2.54. The average molecular weight is 286 g/mol. The Morgan fingerprint density at radius 2 is 2.19 bits per heavy atom. The molecular weight excluding hydrogens is 264 g/mol. The van der Waals surface area contributed by atoms with E-state index in [4.69, 9.17) is 10.2 Å². The zero-order valence-electron chi connectivity index (χ0n) is 12.6. The van der Waals surface area contributed by atoms with Crippen molar-refractivity contribution in [3.63, 3.8) is 0 Å². The number of amides is 1. The number of hydrogen-bond donors (Lipinski definition) is 2. The largest absolute Gasteiger partial charge is 0.460 e. The number of furan rings is 1. The molecule has 0 radical (unpaired) electrons. The maximum atomic E-state index is 12.5. The van der Waals surface area contributed by atoms with Crippen LogP contribution in [0.4, 0.5) is 0 Å². The Hall–Kier alpha value is -1.81. The van der Waals surface area contributed by atoms with Gasteiger partial charge in [-0.3, -0.25) is 4.79 Å². The highest BCUT2D eigenvalue weighted by molar-refractivity contribution is 5.86. The van der Waals surface area contributed by atoms with E-state index >= 15 is 0 Å². The highest BCUT2D eigenvalue weighted by atomic mass is 16.3. The summed E-state index contributed by atoms with van der Waals surface area (Å²) in [5, 5.41) is 4.15. The first-order valence-corrected chi connectivity index (χ1v) is 7.54. The first kappa shape index (κ1) is 14.1. The van der Waals surface area contributed by atoms with Gasteiger partial charge >= 0.3 is 0 Å². The zero-order valence-corrected chi connectivity index (χ0v) is 12.6. The summed E-state index contributed by atoms with van der Waals surface area (Å²) in [5.41, 5.74) is 6.38. The van der Waals surface area contributed by atoms with E-state index in [1.807, 2.05) is 44.2 Å². The number of carbonyl (C=O) groups is 1. The first-order chi connectivity index (χ1) is 10.0. The topological polar surface area (TPSA) is 68.3 Å². The number of rotatable bonds is 5. The van der Waals surface area contributed by atoms with Gasteiger partial charge in [-0.05, 0) is 44.7 Å². The lowest BCUT2D eigenvalue weighted by Gasteiger charge is -2.30. The molecular formula is C17H22N2O2. The van der Waals surface area contributed by atoms with Gasteiger partial charge in [0.05, 0.1) is 11.5 Å². The minimum absolute atomic E-state index is 0.0195. The fourth-order valence-corrected chi connectivity index (χ4v) is 2.77. The minimum Gasteiger partial charge on any atom is -0.460 e. The van der Waals surface area contributed by atoms with E-state index in [1.54, 1.807) is 0 Å². The lowest BCUT2D eigenvalue weighted by molar-refractivity contribution is -0.124. The normalized spacial score (nSPS) is 19.2. The van der Waals surface area contributed by atoms with E-state index in [9.17, 15) is 4.79 Å². The van der Waals surface area contributed by atoms with Crippen molar-refractivity contribution in [2.45, 2.75) is 38.1 Å². The molecule has 1 aromatic carbocycles. The molecule has 2 atom stereocenters. The van der Waals surface area contributed by atoms with E-state index in [1.165, 1.54) is 0 Å². The molecule has 0 aliphatic heterocycles. The van der Waals surface area contributed by atoms with Gasteiger partial charge in [0.1, 0.15) is 11.3 Å². The standard InChI is InChI=1S/C17H22N2O2/c1-11(15-9-12-5-3-4-6-14(12)21-15)16(20)19-17(2,10-18)13-7-8-13/h3-6,9,11,13H,7-8,10,18H2,1-2H3,(H,19,20). The third kappa shape index (κ3) is 2.68. The number of fused-ring (bicyclic) bond motifs is 1. The summed E-state index contributed by atoms with van der Waals surface area (Å²) in [6.07, 6.45) is 2.29. The fraction of sp³-hybridized carbons (Fsp3) is 0.471. The molecule has 4 nitrogen and oxygen atoms in total. The Labute approximate surface area is 124 Å². The maximum Gasteiger partial charge on any atom is 0.230 e. The van der Waals surface area contributed by atoms with Crippen LogP contribution < -0.4 is 11.1 Å². The smallest absolute Gasteiger partial charge is 0.230 e. The summed E-state index contributed by atoms with van der Waals surface area (Å²) in [5.74, 6) is 0.870. The van der Waals surface area contributed by atoms with Crippen molar-refractivity contribution >= 4 is 16.9 Å². The van der Waals surface area contributed by atoms with Crippen LogP contribution in [0.3, 0.4) is 0 Å². The molecule has 3 N–H and O–H groups in total. The minimum atomic E-state index is -0.318. The van der Waals surface area contributed by atoms with Crippen LogP contribution in [-0.4, -0.2) is 18.0 Å². The monoisotopic (exact) mass is 286 g/mol. The Kier molecular flexibility index (Phi) is 3.49. The van der Waals surface area contributed by atoms with Crippen LogP contribution >= 0.6 is 0 Å².